The number of nitrogens with one attached hydrogen (secondary N) is 4. The zero-order chi connectivity index (χ0) is 50.3. The van der Waals surface area contributed by atoms with Crippen molar-refractivity contribution in [1.29, 1.82) is 0 Å². The van der Waals surface area contributed by atoms with Crippen molar-refractivity contribution in [2.45, 2.75) is 142 Å². The number of hydrogen-bond acceptors (Lipinski definition) is 9. The second kappa shape index (κ2) is 22.9. The largest absolute Gasteiger partial charge is 0.493 e. The average Bonchev–Trinajstić information content (AvgIpc) is 4.02. The molecule has 2 aliphatic rings. The third kappa shape index (κ3) is 13.0. The molecule has 1 fully saturated rings. The topological polar surface area (TPSA) is 152 Å². The highest BCUT2D eigenvalue weighted by Crippen LogP contribution is 2.44. The van der Waals surface area contributed by atoms with Gasteiger partial charge in [-0.15, -0.1) is 11.3 Å². The molecule has 1 unspecified atom stereocenters. The molecule has 0 bridgehead atoms. The summed E-state index contributed by atoms with van der Waals surface area (Å²) >= 11 is 1.57. The van der Waals surface area contributed by atoms with Gasteiger partial charge >= 0.3 is 0 Å². The number of alkyl halides is 1. The normalized spacial score (nSPS) is 19.0. The van der Waals surface area contributed by atoms with Crippen LogP contribution in [0.25, 0.3) is 21.3 Å². The average molecular weight is 986 g/mol. The van der Waals surface area contributed by atoms with Crippen molar-refractivity contribution in [3.63, 3.8) is 0 Å². The van der Waals surface area contributed by atoms with Crippen LogP contribution in [-0.2, 0) is 27.3 Å². The van der Waals surface area contributed by atoms with Crippen molar-refractivity contribution in [3.8, 4) is 16.2 Å². The number of ether oxygens (including phenoxy) is 1. The van der Waals surface area contributed by atoms with E-state index in [9.17, 15) is 19.5 Å². The van der Waals surface area contributed by atoms with Crippen LogP contribution in [0.3, 0.4) is 0 Å². The summed E-state index contributed by atoms with van der Waals surface area (Å²) in [7, 11) is 0. The van der Waals surface area contributed by atoms with Gasteiger partial charge in [-0.2, -0.15) is 0 Å². The van der Waals surface area contributed by atoms with Crippen LogP contribution in [0.1, 0.15) is 121 Å². The van der Waals surface area contributed by atoms with E-state index in [4.69, 9.17) is 4.74 Å². The fourth-order valence-electron chi connectivity index (χ4n) is 9.85. The van der Waals surface area contributed by atoms with Crippen LogP contribution >= 0.6 is 11.3 Å². The summed E-state index contributed by atoms with van der Waals surface area (Å²) in [5, 5.41) is 20.6. The first-order valence-electron chi connectivity index (χ1n) is 24.7. The number of benzene rings is 3. The highest BCUT2D eigenvalue weighted by atomic mass is 32.1. The predicted molar refractivity (Wildman–Crippen MR) is 269 cm³/mol. The number of thiazole rings is 1. The molecule has 0 aliphatic carbocycles. The number of unbranched alkanes of at least 4 members (excludes halogenated alkanes) is 5. The molecule has 5 atom stereocenters. The zero-order valence-corrected chi connectivity index (χ0v) is 42.4. The third-order valence-electron chi connectivity index (χ3n) is 13.4. The maximum atomic E-state index is 16.1. The van der Waals surface area contributed by atoms with E-state index in [1.54, 1.807) is 11.3 Å². The Morgan fingerprint density at radius 2 is 1.66 bits per heavy atom. The van der Waals surface area contributed by atoms with Crippen LogP contribution in [-0.4, -0.2) is 105 Å². The summed E-state index contributed by atoms with van der Waals surface area (Å²) in [5.41, 5.74) is 4.90. The molecule has 0 spiro atoms. The van der Waals surface area contributed by atoms with Crippen molar-refractivity contribution in [2.24, 2.45) is 5.41 Å². The van der Waals surface area contributed by atoms with Crippen LogP contribution in [0.5, 0.6) is 5.75 Å². The van der Waals surface area contributed by atoms with E-state index in [1.807, 2.05) is 93.6 Å². The number of H-pyrrole nitrogens is 1. The number of carbonyl (C=O) groups is 3. The first-order chi connectivity index (χ1) is 33.3. The second-order valence-electron chi connectivity index (χ2n) is 20.8. The van der Waals surface area contributed by atoms with Crippen molar-refractivity contribution in [2.75, 3.05) is 32.8 Å². The lowest BCUT2D eigenvalue weighted by atomic mass is 9.85. The number of para-hydroxylation sites is 1. The van der Waals surface area contributed by atoms with Gasteiger partial charge in [0.15, 0.2) is 0 Å². The molecule has 2 aliphatic heterocycles. The van der Waals surface area contributed by atoms with Crippen LogP contribution in [0.15, 0.2) is 66.2 Å². The molecule has 16 heteroatoms. The minimum Gasteiger partial charge on any atom is -0.493 e. The van der Waals surface area contributed by atoms with Gasteiger partial charge in [-0.05, 0) is 81.7 Å². The molecule has 2 aromatic heterocycles. The van der Waals surface area contributed by atoms with Gasteiger partial charge in [0.25, 0.3) is 0 Å². The van der Waals surface area contributed by atoms with E-state index >= 15 is 13.2 Å². The molecular weight excluding hydrogens is 916 g/mol. The van der Waals surface area contributed by atoms with Gasteiger partial charge in [-0.3, -0.25) is 19.3 Å². The molecule has 0 saturated carbocycles. The molecule has 1 saturated heterocycles. The lowest BCUT2D eigenvalue weighted by Crippen LogP contribution is -2.58. The molecular formula is C54H70F3N7O5S. The molecule has 5 N–H and O–H groups in total. The van der Waals surface area contributed by atoms with Gasteiger partial charge in [0.1, 0.15) is 35.1 Å². The standard InChI is InChI=1S/C54H70F3N7O5S/c1-33-24-40-39-16-12-13-17-43(39)61-47(40)48(64(33)31-54(6,7)57)46-41(55)26-38(27-42(46)56)69-23-15-11-9-8-10-14-22-58-29-45(66)62-50(53(3,4)5)52(68)63-30-37(65)25-44(63)51(67)59-28-35-18-20-36(21-19-35)49-34(2)60-32-70-49/h12-13,16-21,26-27,32-33,37,44,48,50,58,61,65H,8-11,14-15,22-25,28-31H2,1-7H3,(H,59,67)(H,62,66)/t33-,37-,44+,48-,50?/m1/s1. The van der Waals surface area contributed by atoms with E-state index in [0.29, 0.717) is 31.7 Å². The van der Waals surface area contributed by atoms with Crippen molar-refractivity contribution >= 4 is 40.0 Å². The smallest absolute Gasteiger partial charge is 0.246 e. The molecule has 378 valence electrons. The Hall–Kier alpha value is -5.29. The molecule has 5 aromatic rings. The van der Waals surface area contributed by atoms with E-state index in [-0.39, 0.29) is 61.8 Å². The van der Waals surface area contributed by atoms with Gasteiger partial charge < -0.3 is 35.7 Å². The quantitative estimate of drug-likeness (QED) is 0.0457. The number of aliphatic hydroxyl groups is 1. The number of aromatic amines is 1. The summed E-state index contributed by atoms with van der Waals surface area (Å²) in [4.78, 5) is 52.7. The lowest BCUT2D eigenvalue weighted by molar-refractivity contribution is -0.144. The van der Waals surface area contributed by atoms with E-state index in [2.05, 4.69) is 25.9 Å². The SMILES string of the molecule is Cc1ncsc1-c1ccc(CNC(=O)[C@@H]2C[C@@H](O)CN2C(=O)C(NC(=O)CNCCCCCCCCOc2cc(F)c([C@@H]3c4[nH]c5ccccc5c4C[C@@H](C)N3CC(C)(C)F)c(F)c2)C(C)(C)C)cc1. The molecule has 70 heavy (non-hydrogen) atoms. The Bertz CT molecular complexity index is 2570. The van der Waals surface area contributed by atoms with Gasteiger partial charge in [0, 0.05) is 66.4 Å². The minimum atomic E-state index is -1.59. The number of aryl methyl sites for hydroxylation is 1. The first-order valence-corrected chi connectivity index (χ1v) is 25.6. The zero-order valence-electron chi connectivity index (χ0n) is 41.6. The molecule has 3 amide bonds. The number of halogens is 3. The van der Waals surface area contributed by atoms with Gasteiger partial charge in [-0.25, -0.2) is 18.2 Å². The summed E-state index contributed by atoms with van der Waals surface area (Å²) in [6, 6.07) is 15.4. The number of rotatable bonds is 21. The Morgan fingerprint density at radius 1 is 0.971 bits per heavy atom. The van der Waals surface area contributed by atoms with Crippen molar-refractivity contribution < 1.29 is 37.4 Å². The van der Waals surface area contributed by atoms with Gasteiger partial charge in [0.2, 0.25) is 17.7 Å². The van der Waals surface area contributed by atoms with Crippen LogP contribution in [0, 0.1) is 24.0 Å². The highest BCUT2D eigenvalue weighted by molar-refractivity contribution is 7.13. The second-order valence-corrected chi connectivity index (χ2v) is 21.7. The minimum absolute atomic E-state index is 0.00236. The van der Waals surface area contributed by atoms with E-state index in [0.717, 1.165) is 70.3 Å². The Balaban J connectivity index is 0.808. The molecule has 4 heterocycles. The highest BCUT2D eigenvalue weighted by Gasteiger charge is 2.45. The van der Waals surface area contributed by atoms with Crippen molar-refractivity contribution in [1.82, 2.24) is 35.7 Å². The summed E-state index contributed by atoms with van der Waals surface area (Å²) in [6.07, 6.45) is 5.13. The number of β-amino-alcohol motifs (C(OH)–C–C–N with tert-alkyl or cyclic N) is 1. The lowest BCUT2D eigenvalue weighted by Gasteiger charge is -2.43. The van der Waals surface area contributed by atoms with Crippen molar-refractivity contribution in [3.05, 3.63) is 106 Å². The molecule has 7 rings (SSSR count). The number of amides is 3. The third-order valence-corrected chi connectivity index (χ3v) is 14.4. The first kappa shape index (κ1) is 52.5. The fraction of sp³-hybridized carbons (Fsp3) is 0.519. The predicted octanol–water partition coefficient (Wildman–Crippen LogP) is 9.08. The van der Waals surface area contributed by atoms with E-state index < -0.39 is 52.9 Å². The van der Waals surface area contributed by atoms with Crippen LogP contribution in [0.2, 0.25) is 0 Å². The van der Waals surface area contributed by atoms with Crippen LogP contribution < -0.4 is 20.7 Å². The monoisotopic (exact) mass is 986 g/mol. The summed E-state index contributed by atoms with van der Waals surface area (Å²) in [6.45, 7) is 13.7. The Kier molecular flexibility index (Phi) is 17.1. The van der Waals surface area contributed by atoms with Gasteiger partial charge in [-0.1, -0.05) is 88.9 Å². The van der Waals surface area contributed by atoms with E-state index in [1.165, 1.54) is 30.9 Å². The Morgan fingerprint density at radius 3 is 2.33 bits per heavy atom. The number of likely N-dealkylation sites (tertiary alicyclic amines) is 1. The Labute approximate surface area is 414 Å². The molecule has 3 aromatic carbocycles. The number of aliphatic hydroxyl groups excluding tert-OH is 1. The number of aromatic nitrogens is 2. The van der Waals surface area contributed by atoms with Gasteiger partial charge in [0.05, 0.1) is 41.4 Å². The molecule has 12 nitrogen and oxygen atoms in total. The fourth-order valence-corrected chi connectivity index (χ4v) is 10.7. The maximum Gasteiger partial charge on any atom is 0.246 e. The number of nitrogens with zero attached hydrogens (tertiary/aromatic N) is 3. The number of fused-ring (bicyclic) bond motifs is 3. The summed E-state index contributed by atoms with van der Waals surface area (Å²) in [5.74, 6) is -2.46. The number of hydrogen-bond donors (Lipinski definition) is 5. The van der Waals surface area contributed by atoms with Crippen LogP contribution in [0.4, 0.5) is 13.2 Å². The number of carbonyl (C=O) groups excluding carboxylic acids is 3. The summed E-state index contributed by atoms with van der Waals surface area (Å²) < 4.78 is 53.1. The molecule has 0 radical (unpaired) electrons. The maximum absolute atomic E-state index is 16.1.